The number of carbonyl (C=O) groups is 1. The number of nitrogens with two attached hydrogens (primary N) is 1. The van der Waals surface area contributed by atoms with Crippen molar-refractivity contribution in [3.63, 3.8) is 0 Å². The molecule has 0 fully saturated rings. The molecule has 0 bridgehead atoms. The summed E-state index contributed by atoms with van der Waals surface area (Å²) in [6.07, 6.45) is 0. The molecule has 0 spiro atoms. The van der Waals surface area contributed by atoms with E-state index in [0.717, 1.165) is 23.2 Å². The van der Waals surface area contributed by atoms with Crippen LogP contribution in [-0.2, 0) is 6.54 Å². The lowest BCUT2D eigenvalue weighted by Crippen LogP contribution is -2.28. The SMILES string of the molecule is C=C(CN(C)C)c1ccc(CNC(N)=O)cc1. The highest BCUT2D eigenvalue weighted by atomic mass is 16.2. The van der Waals surface area contributed by atoms with Gasteiger partial charge in [0.25, 0.3) is 0 Å². The number of hydrogen-bond donors (Lipinski definition) is 2. The Bertz CT molecular complexity index is 396. The van der Waals surface area contributed by atoms with Crippen molar-refractivity contribution in [1.82, 2.24) is 10.2 Å². The van der Waals surface area contributed by atoms with E-state index >= 15 is 0 Å². The van der Waals surface area contributed by atoms with Crippen LogP contribution in [0.3, 0.4) is 0 Å². The van der Waals surface area contributed by atoms with Gasteiger partial charge in [0.1, 0.15) is 0 Å². The number of primary amides is 1. The summed E-state index contributed by atoms with van der Waals surface area (Å²) in [4.78, 5) is 12.6. The van der Waals surface area contributed by atoms with E-state index in [1.165, 1.54) is 0 Å². The molecule has 0 saturated carbocycles. The maximum atomic E-state index is 10.6. The highest BCUT2D eigenvalue weighted by Crippen LogP contribution is 2.13. The number of benzene rings is 1. The fourth-order valence-electron chi connectivity index (χ4n) is 1.52. The highest BCUT2D eigenvalue weighted by Gasteiger charge is 2.01. The number of nitrogens with one attached hydrogen (secondary N) is 1. The Morgan fingerprint density at radius 2 is 1.94 bits per heavy atom. The summed E-state index contributed by atoms with van der Waals surface area (Å²) >= 11 is 0. The maximum Gasteiger partial charge on any atom is 0.312 e. The van der Waals surface area contributed by atoms with Gasteiger partial charge in [0.05, 0.1) is 0 Å². The van der Waals surface area contributed by atoms with Crippen LogP contribution in [0.15, 0.2) is 30.8 Å². The van der Waals surface area contributed by atoms with Crippen LogP contribution in [0.5, 0.6) is 0 Å². The number of urea groups is 1. The molecular formula is C13H19N3O. The maximum absolute atomic E-state index is 10.6. The Kier molecular flexibility index (Phi) is 4.72. The molecule has 4 heteroatoms. The zero-order valence-corrected chi connectivity index (χ0v) is 10.4. The molecule has 3 N–H and O–H groups in total. The number of carbonyl (C=O) groups excluding carboxylic acids is 1. The minimum absolute atomic E-state index is 0.454. The topological polar surface area (TPSA) is 58.4 Å². The Labute approximate surface area is 102 Å². The molecule has 0 aliphatic rings. The van der Waals surface area contributed by atoms with Crippen molar-refractivity contribution in [1.29, 1.82) is 0 Å². The molecular weight excluding hydrogens is 214 g/mol. The second kappa shape index (κ2) is 6.06. The molecule has 0 aliphatic heterocycles. The van der Waals surface area contributed by atoms with Crippen molar-refractivity contribution in [2.45, 2.75) is 6.54 Å². The lowest BCUT2D eigenvalue weighted by Gasteiger charge is -2.12. The van der Waals surface area contributed by atoms with Crippen LogP contribution in [0, 0.1) is 0 Å². The molecule has 0 unspecified atom stereocenters. The molecule has 0 aliphatic carbocycles. The van der Waals surface area contributed by atoms with Crippen LogP contribution in [0.4, 0.5) is 4.79 Å². The summed E-state index contributed by atoms with van der Waals surface area (Å²) in [7, 11) is 4.02. The van der Waals surface area contributed by atoms with Gasteiger partial charge in [0.15, 0.2) is 0 Å². The zero-order chi connectivity index (χ0) is 12.8. The third-order valence-corrected chi connectivity index (χ3v) is 2.34. The first kappa shape index (κ1) is 13.3. The van der Waals surface area contributed by atoms with E-state index in [2.05, 4.69) is 16.8 Å². The van der Waals surface area contributed by atoms with Crippen molar-refractivity contribution in [3.8, 4) is 0 Å². The first-order valence-corrected chi connectivity index (χ1v) is 5.44. The normalized spacial score (nSPS) is 10.3. The van der Waals surface area contributed by atoms with Crippen molar-refractivity contribution < 1.29 is 4.79 Å². The zero-order valence-electron chi connectivity index (χ0n) is 10.4. The van der Waals surface area contributed by atoms with E-state index in [4.69, 9.17) is 5.73 Å². The molecule has 1 aromatic carbocycles. The summed E-state index contributed by atoms with van der Waals surface area (Å²) in [5.41, 5.74) is 8.21. The van der Waals surface area contributed by atoms with Gasteiger partial charge < -0.3 is 16.0 Å². The first-order chi connectivity index (χ1) is 7.99. The van der Waals surface area contributed by atoms with E-state index in [-0.39, 0.29) is 0 Å². The van der Waals surface area contributed by atoms with Gasteiger partial charge in [0.2, 0.25) is 0 Å². The highest BCUT2D eigenvalue weighted by molar-refractivity contribution is 5.71. The van der Waals surface area contributed by atoms with Gasteiger partial charge in [-0.05, 0) is 30.8 Å². The number of likely N-dealkylation sites (N-methyl/N-ethyl adjacent to an activating group) is 1. The van der Waals surface area contributed by atoms with Crippen LogP contribution >= 0.6 is 0 Å². The number of hydrogen-bond acceptors (Lipinski definition) is 2. The molecule has 0 atom stereocenters. The predicted molar refractivity (Wildman–Crippen MR) is 70.5 cm³/mol. The summed E-state index contributed by atoms with van der Waals surface area (Å²) in [5.74, 6) is 0. The molecule has 0 radical (unpaired) electrons. The third kappa shape index (κ3) is 4.70. The summed E-state index contributed by atoms with van der Waals surface area (Å²) in [5, 5.41) is 2.55. The van der Waals surface area contributed by atoms with Gasteiger partial charge in [-0.1, -0.05) is 30.8 Å². The average molecular weight is 233 g/mol. The second-order valence-electron chi connectivity index (χ2n) is 4.26. The lowest BCUT2D eigenvalue weighted by atomic mass is 10.1. The van der Waals surface area contributed by atoms with Crippen molar-refractivity contribution in [3.05, 3.63) is 42.0 Å². The first-order valence-electron chi connectivity index (χ1n) is 5.44. The molecule has 92 valence electrons. The van der Waals surface area contributed by atoms with Crippen LogP contribution in [0.2, 0.25) is 0 Å². The summed E-state index contributed by atoms with van der Waals surface area (Å²) in [6.45, 7) is 5.32. The van der Waals surface area contributed by atoms with Crippen molar-refractivity contribution in [2.75, 3.05) is 20.6 Å². The summed E-state index contributed by atoms with van der Waals surface area (Å²) in [6, 6.07) is 7.43. The molecule has 4 nitrogen and oxygen atoms in total. The average Bonchev–Trinajstić information content (AvgIpc) is 2.26. The van der Waals surface area contributed by atoms with Gasteiger partial charge in [-0.15, -0.1) is 0 Å². The fourth-order valence-corrected chi connectivity index (χ4v) is 1.52. The van der Waals surface area contributed by atoms with E-state index < -0.39 is 6.03 Å². The van der Waals surface area contributed by atoms with Gasteiger partial charge in [-0.25, -0.2) is 4.79 Å². The quantitative estimate of drug-likeness (QED) is 0.808. The number of nitrogens with zero attached hydrogens (tertiary/aromatic N) is 1. The van der Waals surface area contributed by atoms with Crippen LogP contribution in [0.1, 0.15) is 11.1 Å². The van der Waals surface area contributed by atoms with E-state index in [0.29, 0.717) is 6.54 Å². The molecule has 17 heavy (non-hydrogen) atoms. The van der Waals surface area contributed by atoms with E-state index in [9.17, 15) is 4.79 Å². The lowest BCUT2D eigenvalue weighted by molar-refractivity contribution is 0.248. The molecule has 0 saturated heterocycles. The Morgan fingerprint density at radius 1 is 1.35 bits per heavy atom. The Morgan fingerprint density at radius 3 is 2.41 bits per heavy atom. The fraction of sp³-hybridized carbons (Fsp3) is 0.308. The van der Waals surface area contributed by atoms with Crippen LogP contribution in [0.25, 0.3) is 5.57 Å². The largest absolute Gasteiger partial charge is 0.352 e. The smallest absolute Gasteiger partial charge is 0.312 e. The minimum Gasteiger partial charge on any atom is -0.352 e. The predicted octanol–water partition coefficient (Wildman–Crippen LogP) is 1.43. The number of amides is 2. The standard InChI is InChI=1S/C13H19N3O/c1-10(9-16(2)3)12-6-4-11(5-7-12)8-15-13(14)17/h4-7H,1,8-9H2,2-3H3,(H3,14,15,17). The minimum atomic E-state index is -0.508. The van der Waals surface area contributed by atoms with Gasteiger partial charge >= 0.3 is 6.03 Å². The van der Waals surface area contributed by atoms with Gasteiger partial charge in [-0.3, -0.25) is 0 Å². The monoisotopic (exact) mass is 233 g/mol. The third-order valence-electron chi connectivity index (χ3n) is 2.34. The second-order valence-corrected chi connectivity index (χ2v) is 4.26. The number of rotatable bonds is 5. The van der Waals surface area contributed by atoms with Gasteiger partial charge in [0, 0.05) is 13.1 Å². The Hall–Kier alpha value is -1.81. The van der Waals surface area contributed by atoms with E-state index in [1.807, 2.05) is 38.4 Å². The van der Waals surface area contributed by atoms with Crippen molar-refractivity contribution >= 4 is 11.6 Å². The van der Waals surface area contributed by atoms with Crippen LogP contribution < -0.4 is 11.1 Å². The molecule has 0 heterocycles. The van der Waals surface area contributed by atoms with Crippen molar-refractivity contribution in [2.24, 2.45) is 5.73 Å². The Balaban J connectivity index is 2.61. The molecule has 2 amide bonds. The van der Waals surface area contributed by atoms with Gasteiger partial charge in [-0.2, -0.15) is 0 Å². The molecule has 1 rings (SSSR count). The molecule has 1 aromatic rings. The van der Waals surface area contributed by atoms with Crippen LogP contribution in [-0.4, -0.2) is 31.6 Å². The summed E-state index contributed by atoms with van der Waals surface area (Å²) < 4.78 is 0. The van der Waals surface area contributed by atoms with E-state index in [1.54, 1.807) is 0 Å². The molecule has 0 aromatic heterocycles.